The minimum Gasteiger partial charge on any atom is -0.491 e. The number of hydrogen-bond acceptors (Lipinski definition) is 5. The van der Waals surface area contributed by atoms with Gasteiger partial charge in [0.25, 0.3) is 0 Å². The highest BCUT2D eigenvalue weighted by Gasteiger charge is 2.42. The van der Waals surface area contributed by atoms with Crippen LogP contribution in [-0.2, 0) is 15.0 Å². The van der Waals surface area contributed by atoms with Crippen LogP contribution >= 0.6 is 0 Å². The first-order valence-corrected chi connectivity index (χ1v) is 5.94. The van der Waals surface area contributed by atoms with Crippen LogP contribution < -0.4 is 10.1 Å². The van der Waals surface area contributed by atoms with Gasteiger partial charge in [0.05, 0.1) is 25.9 Å². The molecule has 2 aliphatic heterocycles. The molecule has 0 radical (unpaired) electrons. The number of carbonyl (C=O) groups is 1. The second-order valence-corrected chi connectivity index (χ2v) is 4.55. The molecule has 0 saturated carbocycles. The molecule has 0 unspecified atom stereocenters. The zero-order chi connectivity index (χ0) is 12.6. The SMILES string of the molecule is COC(=O)c1ccc2c(c1)OC[C@@]21COCCN1. The second kappa shape index (κ2) is 4.26. The number of methoxy groups -OCH3 is 1. The fourth-order valence-corrected chi connectivity index (χ4v) is 2.49. The summed E-state index contributed by atoms with van der Waals surface area (Å²) in [4.78, 5) is 11.5. The zero-order valence-corrected chi connectivity index (χ0v) is 10.2. The predicted octanol–water partition coefficient (Wildman–Crippen LogP) is 0.681. The number of nitrogens with one attached hydrogen (secondary N) is 1. The molecule has 1 fully saturated rings. The Labute approximate surface area is 105 Å². The Kier molecular flexibility index (Phi) is 2.72. The maximum atomic E-state index is 11.5. The Morgan fingerprint density at radius 3 is 3.06 bits per heavy atom. The van der Waals surface area contributed by atoms with Gasteiger partial charge in [-0.1, -0.05) is 6.07 Å². The first-order chi connectivity index (χ1) is 8.75. The lowest BCUT2D eigenvalue weighted by molar-refractivity contribution is 0.0160. The minimum absolute atomic E-state index is 0.262. The van der Waals surface area contributed by atoms with E-state index < -0.39 is 0 Å². The zero-order valence-electron chi connectivity index (χ0n) is 10.2. The molecule has 0 aliphatic carbocycles. The van der Waals surface area contributed by atoms with Crippen molar-refractivity contribution < 1.29 is 19.0 Å². The molecule has 18 heavy (non-hydrogen) atoms. The number of carbonyl (C=O) groups excluding carboxylic acids is 1. The molecule has 2 aliphatic rings. The number of rotatable bonds is 1. The third-order valence-electron chi connectivity index (χ3n) is 3.45. The maximum absolute atomic E-state index is 11.5. The molecule has 5 heteroatoms. The van der Waals surface area contributed by atoms with Gasteiger partial charge in [0.15, 0.2) is 0 Å². The molecule has 0 amide bonds. The van der Waals surface area contributed by atoms with Crippen molar-refractivity contribution in [1.29, 1.82) is 0 Å². The van der Waals surface area contributed by atoms with Crippen molar-refractivity contribution in [2.24, 2.45) is 0 Å². The second-order valence-electron chi connectivity index (χ2n) is 4.55. The molecule has 3 rings (SSSR count). The molecule has 0 aromatic heterocycles. The van der Waals surface area contributed by atoms with Crippen LogP contribution in [0.4, 0.5) is 0 Å². The van der Waals surface area contributed by atoms with Crippen LogP contribution in [0, 0.1) is 0 Å². The smallest absolute Gasteiger partial charge is 0.337 e. The lowest BCUT2D eigenvalue weighted by Gasteiger charge is -2.33. The van der Waals surface area contributed by atoms with Crippen LogP contribution in [0.1, 0.15) is 15.9 Å². The number of morpholine rings is 1. The molecule has 1 N–H and O–H groups in total. The van der Waals surface area contributed by atoms with E-state index in [-0.39, 0.29) is 11.5 Å². The highest BCUT2D eigenvalue weighted by atomic mass is 16.5. The van der Waals surface area contributed by atoms with Crippen molar-refractivity contribution in [2.75, 3.05) is 33.5 Å². The van der Waals surface area contributed by atoms with Crippen LogP contribution in [0.5, 0.6) is 5.75 Å². The first kappa shape index (κ1) is 11.5. The number of ether oxygens (including phenoxy) is 3. The number of hydrogen-bond donors (Lipinski definition) is 1. The van der Waals surface area contributed by atoms with E-state index in [0.29, 0.717) is 18.8 Å². The summed E-state index contributed by atoms with van der Waals surface area (Å²) in [5, 5.41) is 3.45. The van der Waals surface area contributed by atoms with Gasteiger partial charge >= 0.3 is 5.97 Å². The van der Waals surface area contributed by atoms with Crippen LogP contribution in [0.25, 0.3) is 0 Å². The average molecular weight is 249 g/mol. The van der Waals surface area contributed by atoms with Gasteiger partial charge in [-0.15, -0.1) is 0 Å². The minimum atomic E-state index is -0.352. The van der Waals surface area contributed by atoms with Crippen LogP contribution in [0.2, 0.25) is 0 Å². The fraction of sp³-hybridized carbons (Fsp3) is 0.462. The van der Waals surface area contributed by atoms with Crippen LogP contribution in [0.15, 0.2) is 18.2 Å². The molecule has 1 saturated heterocycles. The predicted molar refractivity (Wildman–Crippen MR) is 63.8 cm³/mol. The molecule has 2 heterocycles. The van der Waals surface area contributed by atoms with E-state index in [2.05, 4.69) is 5.32 Å². The highest BCUT2D eigenvalue weighted by molar-refractivity contribution is 5.90. The van der Waals surface area contributed by atoms with E-state index in [1.807, 2.05) is 6.07 Å². The van der Waals surface area contributed by atoms with Gasteiger partial charge in [0.2, 0.25) is 0 Å². The molecule has 0 bridgehead atoms. The average Bonchev–Trinajstić information content (AvgIpc) is 2.77. The monoisotopic (exact) mass is 249 g/mol. The normalized spacial score (nSPS) is 25.6. The Hall–Kier alpha value is -1.59. The first-order valence-electron chi connectivity index (χ1n) is 5.94. The summed E-state index contributed by atoms with van der Waals surface area (Å²) in [5.74, 6) is 0.381. The molecule has 96 valence electrons. The fourth-order valence-electron chi connectivity index (χ4n) is 2.49. The van der Waals surface area contributed by atoms with Crippen molar-refractivity contribution >= 4 is 5.97 Å². The molecular formula is C13H15NO4. The molecule has 1 spiro atoms. The van der Waals surface area contributed by atoms with Gasteiger partial charge in [0.1, 0.15) is 17.9 Å². The van der Waals surface area contributed by atoms with Crippen molar-refractivity contribution in [3.05, 3.63) is 29.3 Å². The van der Waals surface area contributed by atoms with Gasteiger partial charge in [-0.05, 0) is 12.1 Å². The Morgan fingerprint density at radius 1 is 1.44 bits per heavy atom. The van der Waals surface area contributed by atoms with Gasteiger partial charge in [-0.3, -0.25) is 0 Å². The summed E-state index contributed by atoms with van der Waals surface area (Å²) in [6.07, 6.45) is 0. The lowest BCUT2D eigenvalue weighted by atomic mass is 9.91. The van der Waals surface area contributed by atoms with Gasteiger partial charge < -0.3 is 19.5 Å². The van der Waals surface area contributed by atoms with E-state index in [1.165, 1.54) is 7.11 Å². The van der Waals surface area contributed by atoms with Gasteiger partial charge in [0, 0.05) is 12.1 Å². The molecule has 1 aromatic rings. The van der Waals surface area contributed by atoms with E-state index in [4.69, 9.17) is 14.2 Å². The maximum Gasteiger partial charge on any atom is 0.337 e. The molecule has 1 atom stereocenters. The summed E-state index contributed by atoms with van der Waals surface area (Å²) >= 11 is 0. The van der Waals surface area contributed by atoms with E-state index >= 15 is 0 Å². The Morgan fingerprint density at radius 2 is 2.33 bits per heavy atom. The standard InChI is InChI=1S/C13H15NO4/c1-16-12(15)9-2-3-10-11(6-9)18-8-13(10)7-17-5-4-14-13/h2-3,6,14H,4-5,7-8H2,1H3/t13-/m0/s1. The molecular weight excluding hydrogens is 234 g/mol. The Bertz CT molecular complexity index is 480. The van der Waals surface area contributed by atoms with Crippen molar-refractivity contribution in [1.82, 2.24) is 5.32 Å². The summed E-state index contributed by atoms with van der Waals surface area (Å²) in [7, 11) is 1.37. The van der Waals surface area contributed by atoms with E-state index in [1.54, 1.807) is 12.1 Å². The Balaban J connectivity index is 1.96. The summed E-state index contributed by atoms with van der Waals surface area (Å²) in [6, 6.07) is 5.40. The third kappa shape index (κ3) is 1.67. The van der Waals surface area contributed by atoms with Crippen molar-refractivity contribution in [3.8, 4) is 5.75 Å². The third-order valence-corrected chi connectivity index (χ3v) is 3.45. The highest BCUT2D eigenvalue weighted by Crippen LogP contribution is 2.38. The van der Waals surface area contributed by atoms with Crippen molar-refractivity contribution in [2.45, 2.75) is 5.54 Å². The summed E-state index contributed by atoms with van der Waals surface area (Å²) in [5.41, 5.74) is 1.29. The van der Waals surface area contributed by atoms with Gasteiger partial charge in [-0.2, -0.15) is 0 Å². The summed E-state index contributed by atoms with van der Waals surface area (Å²) < 4.78 is 15.9. The summed E-state index contributed by atoms with van der Waals surface area (Å²) in [6.45, 7) is 2.66. The number of esters is 1. The number of fused-ring (bicyclic) bond motifs is 2. The molecule has 5 nitrogen and oxygen atoms in total. The van der Waals surface area contributed by atoms with Crippen LogP contribution in [0.3, 0.4) is 0 Å². The molecule has 1 aromatic carbocycles. The van der Waals surface area contributed by atoms with E-state index in [0.717, 1.165) is 24.5 Å². The number of benzene rings is 1. The van der Waals surface area contributed by atoms with Crippen molar-refractivity contribution in [3.63, 3.8) is 0 Å². The van der Waals surface area contributed by atoms with Crippen LogP contribution in [-0.4, -0.2) is 39.4 Å². The topological polar surface area (TPSA) is 56.8 Å². The lowest BCUT2D eigenvalue weighted by Crippen LogP contribution is -2.52. The van der Waals surface area contributed by atoms with Gasteiger partial charge in [-0.25, -0.2) is 4.79 Å². The largest absolute Gasteiger partial charge is 0.491 e. The quantitative estimate of drug-likeness (QED) is 0.742. The van der Waals surface area contributed by atoms with E-state index in [9.17, 15) is 4.79 Å².